The van der Waals surface area contributed by atoms with Crippen LogP contribution in [0.3, 0.4) is 0 Å². The molecule has 9 nitrogen and oxygen atoms in total. The number of rotatable bonds is 4. The molecule has 2 aromatic rings. The number of aromatic nitrogens is 2. The highest BCUT2D eigenvalue weighted by Crippen LogP contribution is 2.17. The fraction of sp³-hybridized carbons (Fsp3) is 0.500. The molecular weight excluding hydrogens is 404 g/mol. The van der Waals surface area contributed by atoms with E-state index in [0.717, 1.165) is 24.5 Å². The molecule has 0 radical (unpaired) electrons. The molecule has 0 unspecified atom stereocenters. The summed E-state index contributed by atoms with van der Waals surface area (Å²) in [5.74, 6) is -0.163. The van der Waals surface area contributed by atoms with Crippen LogP contribution in [-0.2, 0) is 10.2 Å². The van der Waals surface area contributed by atoms with Crippen molar-refractivity contribution in [2.45, 2.75) is 6.92 Å². The number of amides is 1. The van der Waals surface area contributed by atoms with Crippen molar-refractivity contribution in [1.29, 1.82) is 0 Å². The van der Waals surface area contributed by atoms with Crippen molar-refractivity contribution in [1.82, 2.24) is 28.2 Å². The Bertz CT molecular complexity index is 991. The van der Waals surface area contributed by atoms with E-state index in [1.54, 1.807) is 20.0 Å². The minimum absolute atomic E-state index is 0.163. The van der Waals surface area contributed by atoms with E-state index in [1.807, 2.05) is 44.3 Å². The molecule has 2 saturated heterocycles. The zero-order valence-corrected chi connectivity index (χ0v) is 18.3. The van der Waals surface area contributed by atoms with Gasteiger partial charge in [0.05, 0.1) is 5.69 Å². The summed E-state index contributed by atoms with van der Waals surface area (Å²) in [5, 5.41) is 4.48. The first-order valence-corrected chi connectivity index (χ1v) is 11.6. The molecule has 2 aliphatic heterocycles. The van der Waals surface area contributed by atoms with Crippen LogP contribution >= 0.6 is 0 Å². The number of para-hydroxylation sites is 1. The smallest absolute Gasteiger partial charge is 0.282 e. The van der Waals surface area contributed by atoms with Crippen LogP contribution in [-0.4, -0.2) is 102 Å². The van der Waals surface area contributed by atoms with E-state index in [9.17, 15) is 13.2 Å². The predicted octanol–water partition coefficient (Wildman–Crippen LogP) is 0.431. The lowest BCUT2D eigenvalue weighted by Gasteiger charge is -2.38. The molecule has 4 rings (SSSR count). The third kappa shape index (κ3) is 4.13. The van der Waals surface area contributed by atoms with Crippen LogP contribution < -0.4 is 0 Å². The predicted molar refractivity (Wildman–Crippen MR) is 114 cm³/mol. The van der Waals surface area contributed by atoms with Gasteiger partial charge in [-0.2, -0.15) is 22.1 Å². The number of benzene rings is 1. The van der Waals surface area contributed by atoms with Gasteiger partial charge >= 0.3 is 0 Å². The first kappa shape index (κ1) is 21.0. The van der Waals surface area contributed by atoms with E-state index in [0.29, 0.717) is 45.0 Å². The second kappa shape index (κ2) is 8.46. The highest BCUT2D eigenvalue weighted by atomic mass is 32.2. The maximum absolute atomic E-state index is 13.0. The van der Waals surface area contributed by atoms with Crippen molar-refractivity contribution >= 4 is 16.1 Å². The SMILES string of the molecule is Cc1cc(C(=O)N2CCN(S(=O)(=O)N3CCN(C)CC3)CC2)nn1-c1ccccc1. The zero-order valence-electron chi connectivity index (χ0n) is 17.4. The number of nitrogens with zero attached hydrogens (tertiary/aromatic N) is 6. The molecule has 0 aliphatic carbocycles. The average Bonchev–Trinajstić information content (AvgIpc) is 3.16. The highest BCUT2D eigenvalue weighted by molar-refractivity contribution is 7.86. The molecule has 1 aromatic heterocycles. The van der Waals surface area contributed by atoms with Crippen LogP contribution in [0.1, 0.15) is 16.2 Å². The van der Waals surface area contributed by atoms with Gasteiger partial charge in [0, 0.05) is 58.1 Å². The van der Waals surface area contributed by atoms with E-state index < -0.39 is 10.2 Å². The standard InChI is InChI=1S/C20H28N6O3S/c1-17-16-19(21-26(17)18-6-4-3-5-7-18)20(27)23-10-14-25(15-11-23)30(28,29)24-12-8-22(2)9-13-24/h3-7,16H,8-15H2,1-2H3. The van der Waals surface area contributed by atoms with Crippen LogP contribution in [0.25, 0.3) is 5.69 Å². The molecule has 0 N–H and O–H groups in total. The Morgan fingerprint density at radius 1 is 0.900 bits per heavy atom. The molecule has 10 heteroatoms. The first-order valence-electron chi connectivity index (χ1n) is 10.2. The van der Waals surface area contributed by atoms with Crippen molar-refractivity contribution in [2.24, 2.45) is 0 Å². The molecule has 1 aromatic carbocycles. The molecule has 2 aliphatic rings. The second-order valence-electron chi connectivity index (χ2n) is 7.82. The lowest BCUT2D eigenvalue weighted by Crippen LogP contribution is -2.57. The van der Waals surface area contributed by atoms with E-state index in [1.165, 1.54) is 4.31 Å². The Kier molecular flexibility index (Phi) is 5.92. The Labute approximate surface area is 177 Å². The number of carbonyl (C=O) groups excluding carboxylic acids is 1. The number of piperazine rings is 2. The van der Waals surface area contributed by atoms with Gasteiger partial charge in [0.2, 0.25) is 0 Å². The van der Waals surface area contributed by atoms with E-state index in [-0.39, 0.29) is 5.91 Å². The molecular formula is C20H28N6O3S. The summed E-state index contributed by atoms with van der Waals surface area (Å²) in [6, 6.07) is 11.5. The summed E-state index contributed by atoms with van der Waals surface area (Å²) in [4.78, 5) is 16.8. The summed E-state index contributed by atoms with van der Waals surface area (Å²) in [5.41, 5.74) is 2.16. The summed E-state index contributed by atoms with van der Waals surface area (Å²) in [6.07, 6.45) is 0. The minimum atomic E-state index is -3.48. The number of likely N-dealkylation sites (N-methyl/N-ethyl adjacent to an activating group) is 1. The fourth-order valence-electron chi connectivity index (χ4n) is 3.88. The van der Waals surface area contributed by atoms with Gasteiger partial charge in [0.1, 0.15) is 0 Å². The van der Waals surface area contributed by atoms with Gasteiger partial charge in [-0.25, -0.2) is 4.68 Å². The van der Waals surface area contributed by atoms with Crippen molar-refractivity contribution in [3.8, 4) is 5.69 Å². The topological polar surface area (TPSA) is 82.0 Å². The largest absolute Gasteiger partial charge is 0.335 e. The zero-order chi connectivity index (χ0) is 21.3. The second-order valence-corrected chi connectivity index (χ2v) is 9.75. The normalized spacial score (nSPS) is 19.9. The summed E-state index contributed by atoms with van der Waals surface area (Å²) < 4.78 is 30.6. The third-order valence-electron chi connectivity index (χ3n) is 5.75. The van der Waals surface area contributed by atoms with Crippen molar-refractivity contribution in [3.05, 3.63) is 47.8 Å². The molecule has 1 amide bonds. The van der Waals surface area contributed by atoms with Crippen LogP contribution in [0, 0.1) is 6.92 Å². The van der Waals surface area contributed by atoms with Crippen LogP contribution in [0.2, 0.25) is 0 Å². The van der Waals surface area contributed by atoms with Crippen LogP contribution in [0.4, 0.5) is 0 Å². The Morgan fingerprint density at radius 3 is 2.07 bits per heavy atom. The fourth-order valence-corrected chi connectivity index (χ4v) is 5.45. The van der Waals surface area contributed by atoms with Crippen molar-refractivity contribution in [2.75, 3.05) is 59.4 Å². The molecule has 0 spiro atoms. The number of aryl methyl sites for hydroxylation is 1. The van der Waals surface area contributed by atoms with Crippen molar-refractivity contribution in [3.63, 3.8) is 0 Å². The van der Waals surface area contributed by atoms with Gasteiger partial charge in [-0.05, 0) is 32.2 Å². The average molecular weight is 433 g/mol. The van der Waals surface area contributed by atoms with E-state index in [4.69, 9.17) is 0 Å². The quantitative estimate of drug-likeness (QED) is 0.700. The molecule has 30 heavy (non-hydrogen) atoms. The lowest BCUT2D eigenvalue weighted by molar-refractivity contribution is 0.0686. The maximum Gasteiger partial charge on any atom is 0.282 e. The summed E-state index contributed by atoms with van der Waals surface area (Å²) in [6.45, 7) is 5.74. The van der Waals surface area contributed by atoms with Gasteiger partial charge in [-0.15, -0.1) is 0 Å². The maximum atomic E-state index is 13.0. The Morgan fingerprint density at radius 2 is 1.47 bits per heavy atom. The lowest BCUT2D eigenvalue weighted by atomic mass is 10.3. The molecule has 3 heterocycles. The monoisotopic (exact) mass is 432 g/mol. The van der Waals surface area contributed by atoms with E-state index in [2.05, 4.69) is 10.00 Å². The van der Waals surface area contributed by atoms with Gasteiger partial charge in [-0.3, -0.25) is 4.79 Å². The first-order chi connectivity index (χ1) is 14.4. The molecule has 0 saturated carbocycles. The van der Waals surface area contributed by atoms with Gasteiger partial charge in [-0.1, -0.05) is 18.2 Å². The summed E-state index contributed by atoms with van der Waals surface area (Å²) in [7, 11) is -1.48. The van der Waals surface area contributed by atoms with E-state index >= 15 is 0 Å². The number of hydrogen-bond donors (Lipinski definition) is 0. The summed E-state index contributed by atoms with van der Waals surface area (Å²) >= 11 is 0. The number of carbonyl (C=O) groups is 1. The number of hydrogen-bond acceptors (Lipinski definition) is 5. The minimum Gasteiger partial charge on any atom is -0.335 e. The van der Waals surface area contributed by atoms with Gasteiger partial charge < -0.3 is 9.80 Å². The van der Waals surface area contributed by atoms with Crippen LogP contribution in [0.15, 0.2) is 36.4 Å². The van der Waals surface area contributed by atoms with Gasteiger partial charge in [0.15, 0.2) is 5.69 Å². The van der Waals surface area contributed by atoms with Gasteiger partial charge in [0.25, 0.3) is 16.1 Å². The third-order valence-corrected chi connectivity index (χ3v) is 7.78. The molecule has 0 atom stereocenters. The Hall–Kier alpha value is -2.27. The highest BCUT2D eigenvalue weighted by Gasteiger charge is 2.35. The van der Waals surface area contributed by atoms with Crippen molar-refractivity contribution < 1.29 is 13.2 Å². The Balaban J connectivity index is 1.40. The molecule has 0 bridgehead atoms. The van der Waals surface area contributed by atoms with Crippen LogP contribution in [0.5, 0.6) is 0 Å². The molecule has 162 valence electrons. The molecule has 2 fully saturated rings.